The van der Waals surface area contributed by atoms with Crippen LogP contribution >= 0.6 is 11.6 Å². The maximum Gasteiger partial charge on any atom is 0.410 e. The summed E-state index contributed by atoms with van der Waals surface area (Å²) < 4.78 is 5.48. The average Bonchev–Trinajstić information content (AvgIpc) is 3.36. The van der Waals surface area contributed by atoms with Crippen molar-refractivity contribution in [2.24, 2.45) is 5.92 Å². The number of pyridine rings is 1. The number of hydrogen-bond acceptors (Lipinski definition) is 6. The number of halogens is 1. The number of ether oxygens (including phenoxy) is 1. The molecule has 2 aromatic carbocycles. The number of para-hydroxylation sites is 2. The number of aromatic amines is 1. The highest BCUT2D eigenvalue weighted by Crippen LogP contribution is 2.30. The quantitative estimate of drug-likeness (QED) is 0.231. The number of nitrogens with one attached hydrogen (secondary N) is 3. The number of amides is 2. The third kappa shape index (κ3) is 6.97. The van der Waals surface area contributed by atoms with Crippen LogP contribution in [0.5, 0.6) is 0 Å². The second kappa shape index (κ2) is 11.8. The average molecular weight is 575 g/mol. The third-order valence-electron chi connectivity index (χ3n) is 7.04. The van der Waals surface area contributed by atoms with Gasteiger partial charge in [-0.25, -0.2) is 14.8 Å². The van der Waals surface area contributed by atoms with Gasteiger partial charge in [-0.1, -0.05) is 23.7 Å². The number of carbonyl (C=O) groups excluding carboxylic acids is 2. The summed E-state index contributed by atoms with van der Waals surface area (Å²) in [6, 6.07) is 16.7. The molecule has 1 aliphatic heterocycles. The molecule has 5 rings (SSSR count). The summed E-state index contributed by atoms with van der Waals surface area (Å²) in [6.45, 7) is 9.55. The van der Waals surface area contributed by atoms with Crippen molar-refractivity contribution in [2.45, 2.75) is 46.1 Å². The first-order valence-corrected chi connectivity index (χ1v) is 14.2. The normalized spacial score (nSPS) is 14.2. The first-order valence-electron chi connectivity index (χ1n) is 13.8. The molecular weight excluding hydrogens is 540 g/mol. The van der Waals surface area contributed by atoms with Gasteiger partial charge in [0.2, 0.25) is 0 Å². The third-order valence-corrected chi connectivity index (χ3v) is 7.37. The van der Waals surface area contributed by atoms with Crippen LogP contribution < -0.4 is 10.6 Å². The molecule has 4 aromatic rings. The van der Waals surface area contributed by atoms with E-state index in [0.29, 0.717) is 58.2 Å². The van der Waals surface area contributed by atoms with Crippen LogP contribution in [0, 0.1) is 12.8 Å². The monoisotopic (exact) mass is 574 g/mol. The predicted octanol–water partition coefficient (Wildman–Crippen LogP) is 6.90. The van der Waals surface area contributed by atoms with Gasteiger partial charge in [0.25, 0.3) is 5.91 Å². The van der Waals surface area contributed by atoms with Crippen molar-refractivity contribution in [1.82, 2.24) is 19.9 Å². The lowest BCUT2D eigenvalue weighted by atomic mass is 9.97. The van der Waals surface area contributed by atoms with E-state index in [1.54, 1.807) is 23.1 Å². The second-order valence-corrected chi connectivity index (χ2v) is 11.8. The van der Waals surface area contributed by atoms with Crippen molar-refractivity contribution >= 4 is 46.1 Å². The summed E-state index contributed by atoms with van der Waals surface area (Å²) in [7, 11) is 0. The number of carbonyl (C=O) groups is 2. The highest BCUT2D eigenvalue weighted by atomic mass is 35.5. The number of likely N-dealkylation sites (tertiary alicyclic amines) is 1. The van der Waals surface area contributed by atoms with Gasteiger partial charge in [0.05, 0.1) is 27.3 Å². The lowest BCUT2D eigenvalue weighted by Gasteiger charge is -2.33. The minimum atomic E-state index is -0.491. The number of nitrogens with zero attached hydrogens (tertiary/aromatic N) is 3. The molecule has 214 valence electrons. The fourth-order valence-corrected chi connectivity index (χ4v) is 5.06. The summed E-state index contributed by atoms with van der Waals surface area (Å²) in [4.78, 5) is 39.7. The van der Waals surface area contributed by atoms with Crippen LogP contribution in [0.15, 0.2) is 54.6 Å². The number of piperidine rings is 1. The van der Waals surface area contributed by atoms with Crippen molar-refractivity contribution in [3.8, 4) is 11.4 Å². The van der Waals surface area contributed by atoms with E-state index in [-0.39, 0.29) is 12.0 Å². The molecule has 1 saturated heterocycles. The molecule has 0 radical (unpaired) electrons. The zero-order chi connectivity index (χ0) is 29.1. The number of aromatic nitrogens is 3. The predicted molar refractivity (Wildman–Crippen MR) is 162 cm³/mol. The first kappa shape index (κ1) is 28.4. The Hall–Kier alpha value is -4.11. The first-order chi connectivity index (χ1) is 19.6. The Morgan fingerprint density at radius 3 is 2.54 bits per heavy atom. The summed E-state index contributed by atoms with van der Waals surface area (Å²) in [5.74, 6) is 1.52. The summed E-state index contributed by atoms with van der Waals surface area (Å²) in [5, 5.41) is 6.89. The minimum absolute atomic E-state index is 0.251. The summed E-state index contributed by atoms with van der Waals surface area (Å²) >= 11 is 6.47. The number of imidazole rings is 1. The maximum atomic E-state index is 13.1. The maximum absolute atomic E-state index is 13.1. The number of fused-ring (bicyclic) bond motifs is 1. The van der Waals surface area contributed by atoms with Crippen molar-refractivity contribution in [1.29, 1.82) is 0 Å². The molecule has 10 heteroatoms. The van der Waals surface area contributed by atoms with Gasteiger partial charge in [-0.3, -0.25) is 4.79 Å². The van der Waals surface area contributed by atoms with Crippen LogP contribution in [-0.2, 0) is 4.74 Å². The minimum Gasteiger partial charge on any atom is -0.444 e. The standard InChI is InChI=1S/C31H35ClN6O3/c1-19-22(10-12-27(34-19)33-18-20-13-15-38(16-14-20)30(40)41-31(2,3)4)29(39)35-21-9-11-24(32)23(17-21)28-36-25-7-5-6-8-26(25)37-28/h5-12,17,20H,13-16,18H2,1-4H3,(H,33,34)(H,35,39)(H,36,37). The molecule has 0 unspecified atom stereocenters. The summed E-state index contributed by atoms with van der Waals surface area (Å²) in [6.07, 6.45) is 1.53. The van der Waals surface area contributed by atoms with E-state index in [1.165, 1.54) is 0 Å². The van der Waals surface area contributed by atoms with Crippen molar-refractivity contribution in [3.05, 3.63) is 70.9 Å². The SMILES string of the molecule is Cc1nc(NCC2CCN(C(=O)OC(C)(C)C)CC2)ccc1C(=O)Nc1ccc(Cl)c(-c2nc3ccccc3[nH]2)c1. The molecule has 0 aliphatic carbocycles. The number of rotatable bonds is 6. The molecule has 1 aliphatic rings. The van der Waals surface area contributed by atoms with Gasteiger partial charge >= 0.3 is 6.09 Å². The van der Waals surface area contributed by atoms with E-state index in [0.717, 1.165) is 30.4 Å². The van der Waals surface area contributed by atoms with Crippen LogP contribution in [0.2, 0.25) is 5.02 Å². The van der Waals surface area contributed by atoms with Gasteiger partial charge in [0.1, 0.15) is 17.2 Å². The molecule has 3 heterocycles. The van der Waals surface area contributed by atoms with Crippen LogP contribution in [0.1, 0.15) is 49.7 Å². The van der Waals surface area contributed by atoms with Gasteiger partial charge in [-0.2, -0.15) is 0 Å². The number of H-pyrrole nitrogens is 1. The topological polar surface area (TPSA) is 112 Å². The van der Waals surface area contributed by atoms with Gasteiger partial charge in [-0.15, -0.1) is 0 Å². The van der Waals surface area contributed by atoms with E-state index in [9.17, 15) is 9.59 Å². The van der Waals surface area contributed by atoms with Crippen molar-refractivity contribution in [3.63, 3.8) is 0 Å². The molecule has 0 saturated carbocycles. The zero-order valence-corrected chi connectivity index (χ0v) is 24.5. The van der Waals surface area contributed by atoms with Crippen molar-refractivity contribution in [2.75, 3.05) is 30.3 Å². The van der Waals surface area contributed by atoms with E-state index in [1.807, 2.05) is 64.1 Å². The molecule has 9 nitrogen and oxygen atoms in total. The number of benzene rings is 2. The molecular formula is C31H35ClN6O3. The van der Waals surface area contributed by atoms with E-state index in [4.69, 9.17) is 16.3 Å². The molecule has 0 bridgehead atoms. The van der Waals surface area contributed by atoms with Crippen LogP contribution in [-0.4, -0.2) is 57.1 Å². The molecule has 0 atom stereocenters. The Morgan fingerprint density at radius 1 is 1.07 bits per heavy atom. The largest absolute Gasteiger partial charge is 0.444 e. The lowest BCUT2D eigenvalue weighted by Crippen LogP contribution is -2.42. The van der Waals surface area contributed by atoms with E-state index >= 15 is 0 Å². The fraction of sp³-hybridized carbons (Fsp3) is 0.355. The van der Waals surface area contributed by atoms with E-state index in [2.05, 4.69) is 25.6 Å². The lowest BCUT2D eigenvalue weighted by molar-refractivity contribution is 0.0188. The van der Waals surface area contributed by atoms with Crippen LogP contribution in [0.4, 0.5) is 16.3 Å². The molecule has 2 aromatic heterocycles. The molecule has 0 spiro atoms. The van der Waals surface area contributed by atoms with Crippen LogP contribution in [0.3, 0.4) is 0 Å². The van der Waals surface area contributed by atoms with E-state index < -0.39 is 5.60 Å². The van der Waals surface area contributed by atoms with Gasteiger partial charge in [-0.05, 0) is 88.9 Å². The zero-order valence-electron chi connectivity index (χ0n) is 23.8. The molecule has 1 fully saturated rings. The number of hydrogen-bond donors (Lipinski definition) is 3. The molecule has 41 heavy (non-hydrogen) atoms. The smallest absolute Gasteiger partial charge is 0.410 e. The van der Waals surface area contributed by atoms with Gasteiger partial charge in [0, 0.05) is 30.9 Å². The highest BCUT2D eigenvalue weighted by molar-refractivity contribution is 6.33. The highest BCUT2D eigenvalue weighted by Gasteiger charge is 2.27. The Bertz CT molecular complexity index is 1540. The van der Waals surface area contributed by atoms with Crippen molar-refractivity contribution < 1.29 is 14.3 Å². The number of anilines is 2. The van der Waals surface area contributed by atoms with Gasteiger partial charge in [0.15, 0.2) is 0 Å². The Balaban J connectivity index is 1.17. The number of aryl methyl sites for hydroxylation is 1. The molecule has 2 amide bonds. The fourth-order valence-electron chi connectivity index (χ4n) is 4.86. The van der Waals surface area contributed by atoms with Gasteiger partial charge < -0.3 is 25.3 Å². The molecule has 3 N–H and O–H groups in total. The summed E-state index contributed by atoms with van der Waals surface area (Å²) in [5.41, 5.74) is 3.68. The van der Waals surface area contributed by atoms with Crippen LogP contribution in [0.25, 0.3) is 22.4 Å². The Morgan fingerprint density at radius 2 is 1.83 bits per heavy atom. The Kier molecular flexibility index (Phi) is 8.17. The second-order valence-electron chi connectivity index (χ2n) is 11.4. The Labute approximate surface area is 244 Å².